The first-order valence-electron chi connectivity index (χ1n) is 16.9. The zero-order valence-electron chi connectivity index (χ0n) is 27.5. The number of nitrogens with one attached hydrogen (secondary N) is 1. The van der Waals surface area contributed by atoms with Crippen molar-refractivity contribution in [2.45, 2.75) is 24.8 Å². The SMILES string of the molecule is C[C@@]1(c2cc(-c3cc(-c4ccccc4)nc(C4C=CC=CC4)c3)cc(-c3cc(-c4ccccc4)ccn3)c2)C=C(c2ccccc2)C=CN1. The number of benzene rings is 4. The van der Waals surface area contributed by atoms with Crippen LogP contribution in [0.25, 0.3) is 50.3 Å². The van der Waals surface area contributed by atoms with Gasteiger partial charge in [-0.05, 0) is 113 Å². The third kappa shape index (κ3) is 6.44. The first-order chi connectivity index (χ1) is 24.1. The summed E-state index contributed by atoms with van der Waals surface area (Å²) in [5.74, 6) is 0.221. The Bertz CT molecular complexity index is 2230. The minimum Gasteiger partial charge on any atom is -0.378 e. The summed E-state index contributed by atoms with van der Waals surface area (Å²) < 4.78 is 0. The lowest BCUT2D eigenvalue weighted by atomic mass is 9.83. The molecule has 0 spiro atoms. The Kier molecular flexibility index (Phi) is 8.17. The molecule has 3 heteroatoms. The van der Waals surface area contributed by atoms with Crippen molar-refractivity contribution in [2.75, 3.05) is 0 Å². The molecule has 0 bridgehead atoms. The number of aromatic nitrogens is 2. The third-order valence-corrected chi connectivity index (χ3v) is 9.50. The van der Waals surface area contributed by atoms with Crippen LogP contribution in [0.4, 0.5) is 0 Å². The lowest BCUT2D eigenvalue weighted by Gasteiger charge is -2.32. The second-order valence-corrected chi connectivity index (χ2v) is 12.9. The van der Waals surface area contributed by atoms with Crippen LogP contribution in [0.3, 0.4) is 0 Å². The largest absolute Gasteiger partial charge is 0.378 e. The van der Waals surface area contributed by atoms with Crippen LogP contribution in [-0.2, 0) is 5.54 Å². The van der Waals surface area contributed by atoms with Crippen LogP contribution in [0.5, 0.6) is 0 Å². The molecule has 0 saturated carbocycles. The van der Waals surface area contributed by atoms with Crippen LogP contribution in [0.1, 0.15) is 36.1 Å². The van der Waals surface area contributed by atoms with E-state index >= 15 is 0 Å². The van der Waals surface area contributed by atoms with Gasteiger partial charge in [-0.1, -0.05) is 115 Å². The van der Waals surface area contributed by atoms with Crippen molar-refractivity contribution in [3.63, 3.8) is 0 Å². The molecule has 1 aliphatic carbocycles. The maximum Gasteiger partial charge on any atom is 0.0785 e. The maximum absolute atomic E-state index is 5.22. The molecule has 0 radical (unpaired) electrons. The first-order valence-corrected chi connectivity index (χ1v) is 16.9. The third-order valence-electron chi connectivity index (χ3n) is 9.50. The van der Waals surface area contributed by atoms with E-state index in [0.29, 0.717) is 0 Å². The van der Waals surface area contributed by atoms with Gasteiger partial charge in [-0.25, -0.2) is 0 Å². The van der Waals surface area contributed by atoms with E-state index < -0.39 is 5.54 Å². The summed E-state index contributed by atoms with van der Waals surface area (Å²) in [6, 6.07) is 47.3. The van der Waals surface area contributed by atoms with Crippen LogP contribution in [-0.4, -0.2) is 9.97 Å². The lowest BCUT2D eigenvalue weighted by molar-refractivity contribution is 0.526. The highest BCUT2D eigenvalue weighted by Crippen LogP contribution is 2.39. The second kappa shape index (κ2) is 13.2. The second-order valence-electron chi connectivity index (χ2n) is 12.9. The van der Waals surface area contributed by atoms with Gasteiger partial charge in [0.1, 0.15) is 0 Å². The quantitative estimate of drug-likeness (QED) is 0.190. The van der Waals surface area contributed by atoms with Crippen molar-refractivity contribution in [3.05, 3.63) is 199 Å². The Morgan fingerprint density at radius 3 is 2.02 bits per heavy atom. The van der Waals surface area contributed by atoms with Gasteiger partial charge in [0, 0.05) is 28.9 Å². The van der Waals surface area contributed by atoms with Gasteiger partial charge in [-0.3, -0.25) is 9.97 Å². The van der Waals surface area contributed by atoms with E-state index in [1.165, 1.54) is 16.7 Å². The molecular formula is C46H37N3. The molecular weight excluding hydrogens is 595 g/mol. The minimum atomic E-state index is -0.462. The van der Waals surface area contributed by atoms with Gasteiger partial charge in [-0.2, -0.15) is 0 Å². The molecule has 4 aromatic carbocycles. The van der Waals surface area contributed by atoms with Crippen molar-refractivity contribution in [2.24, 2.45) is 0 Å². The molecule has 1 aliphatic heterocycles. The highest BCUT2D eigenvalue weighted by atomic mass is 14.9. The van der Waals surface area contributed by atoms with Crippen LogP contribution >= 0.6 is 0 Å². The van der Waals surface area contributed by atoms with E-state index in [4.69, 9.17) is 9.97 Å². The van der Waals surface area contributed by atoms with Crippen molar-refractivity contribution in [3.8, 4) is 44.8 Å². The van der Waals surface area contributed by atoms with E-state index in [-0.39, 0.29) is 5.92 Å². The molecule has 236 valence electrons. The van der Waals surface area contributed by atoms with Gasteiger partial charge in [0.15, 0.2) is 0 Å². The molecule has 0 amide bonds. The van der Waals surface area contributed by atoms with Gasteiger partial charge in [-0.15, -0.1) is 0 Å². The van der Waals surface area contributed by atoms with Crippen molar-refractivity contribution >= 4 is 5.57 Å². The number of dihydropyridines is 1. The lowest BCUT2D eigenvalue weighted by Crippen LogP contribution is -2.36. The average molecular weight is 632 g/mol. The summed E-state index contributed by atoms with van der Waals surface area (Å²) in [6.45, 7) is 2.25. The molecule has 0 saturated heterocycles. The van der Waals surface area contributed by atoms with E-state index in [1.54, 1.807) is 0 Å². The van der Waals surface area contributed by atoms with Gasteiger partial charge < -0.3 is 5.32 Å². The molecule has 3 heterocycles. The van der Waals surface area contributed by atoms with Gasteiger partial charge >= 0.3 is 0 Å². The predicted molar refractivity (Wildman–Crippen MR) is 203 cm³/mol. The van der Waals surface area contributed by atoms with Gasteiger partial charge in [0.2, 0.25) is 0 Å². The molecule has 6 aromatic rings. The number of allylic oxidation sites excluding steroid dienone is 6. The Labute approximate surface area is 288 Å². The summed E-state index contributed by atoms with van der Waals surface area (Å²) in [5, 5.41) is 3.70. The number of nitrogens with zero attached hydrogens (tertiary/aromatic N) is 2. The fourth-order valence-electron chi connectivity index (χ4n) is 6.79. The van der Waals surface area contributed by atoms with Crippen molar-refractivity contribution in [1.82, 2.24) is 15.3 Å². The van der Waals surface area contributed by atoms with E-state index in [1.807, 2.05) is 6.20 Å². The number of hydrogen-bond donors (Lipinski definition) is 1. The normalized spacial score (nSPS) is 18.1. The monoisotopic (exact) mass is 631 g/mol. The Balaban J connectivity index is 1.32. The standard InChI is InChI=1S/C46H37N3/c1-46(32-38(23-25-48-46)34-16-8-3-9-17-34)42-27-39(26-41(28-42)43-29-37(22-24-47-43)33-14-6-2-7-15-33)40-30-44(35-18-10-4-11-19-35)49-45(31-40)36-20-12-5-13-21-36/h2-20,22-32,36,48H,21H2,1H3/t36?,46-/m0/s1. The molecule has 0 fully saturated rings. The zero-order valence-corrected chi connectivity index (χ0v) is 27.5. The van der Waals surface area contributed by atoms with Crippen LogP contribution < -0.4 is 5.32 Å². The number of pyridine rings is 2. The summed E-state index contributed by atoms with van der Waals surface area (Å²) >= 11 is 0. The van der Waals surface area contributed by atoms with Gasteiger partial charge in [0.05, 0.1) is 16.9 Å². The summed E-state index contributed by atoms with van der Waals surface area (Å²) in [5.41, 5.74) is 12.8. The molecule has 1 N–H and O–H groups in total. The Hall–Kier alpha value is -6.06. The molecule has 2 atom stereocenters. The maximum atomic E-state index is 5.22. The highest BCUT2D eigenvalue weighted by molar-refractivity contribution is 5.80. The number of rotatable bonds is 7. The van der Waals surface area contributed by atoms with Crippen LogP contribution in [0, 0.1) is 0 Å². The Morgan fingerprint density at radius 2 is 1.29 bits per heavy atom. The average Bonchev–Trinajstić information content (AvgIpc) is 3.19. The van der Waals surface area contributed by atoms with Crippen LogP contribution in [0.15, 0.2) is 182 Å². The van der Waals surface area contributed by atoms with E-state index in [0.717, 1.165) is 56.9 Å². The smallest absolute Gasteiger partial charge is 0.0785 e. The fraction of sp³-hybridized carbons (Fsp3) is 0.0870. The minimum absolute atomic E-state index is 0.221. The number of hydrogen-bond acceptors (Lipinski definition) is 3. The summed E-state index contributed by atoms with van der Waals surface area (Å²) in [7, 11) is 0. The van der Waals surface area contributed by atoms with Gasteiger partial charge in [0.25, 0.3) is 0 Å². The predicted octanol–water partition coefficient (Wildman–Crippen LogP) is 11.2. The molecule has 49 heavy (non-hydrogen) atoms. The van der Waals surface area contributed by atoms with Crippen molar-refractivity contribution in [1.29, 1.82) is 0 Å². The topological polar surface area (TPSA) is 37.8 Å². The first kappa shape index (κ1) is 30.3. The molecule has 8 rings (SSSR count). The van der Waals surface area contributed by atoms with E-state index in [9.17, 15) is 0 Å². The molecule has 2 aromatic heterocycles. The van der Waals surface area contributed by atoms with Crippen molar-refractivity contribution < 1.29 is 0 Å². The molecule has 1 unspecified atom stereocenters. The highest BCUT2D eigenvalue weighted by Gasteiger charge is 2.27. The Morgan fingerprint density at radius 1 is 0.612 bits per heavy atom. The molecule has 3 nitrogen and oxygen atoms in total. The molecule has 2 aliphatic rings. The summed E-state index contributed by atoms with van der Waals surface area (Å²) in [4.78, 5) is 10.1. The zero-order chi connectivity index (χ0) is 33.0. The summed E-state index contributed by atoms with van der Waals surface area (Å²) in [6.07, 6.45) is 18.2. The van der Waals surface area contributed by atoms with E-state index in [2.05, 4.69) is 188 Å². The van der Waals surface area contributed by atoms with Crippen LogP contribution in [0.2, 0.25) is 0 Å². The fourth-order valence-corrected chi connectivity index (χ4v) is 6.79.